The van der Waals surface area contributed by atoms with Crippen LogP contribution in [0, 0.1) is 11.3 Å². The van der Waals surface area contributed by atoms with Crippen molar-refractivity contribution in [2.75, 3.05) is 12.3 Å². The zero-order chi connectivity index (χ0) is 13.6. The normalized spacial score (nSPS) is 21.8. The second-order valence-corrected chi connectivity index (χ2v) is 7.60. The van der Waals surface area contributed by atoms with Crippen LogP contribution in [0.3, 0.4) is 0 Å². The van der Waals surface area contributed by atoms with Gasteiger partial charge in [0.05, 0.1) is 15.6 Å². The molecular weight excluding hydrogens is 272 g/mol. The van der Waals surface area contributed by atoms with E-state index in [2.05, 4.69) is 18.6 Å². The van der Waals surface area contributed by atoms with Crippen LogP contribution in [0.5, 0.6) is 0 Å². The Morgan fingerprint density at radius 2 is 2.11 bits per heavy atom. The summed E-state index contributed by atoms with van der Waals surface area (Å²) < 4.78 is 26.7. The van der Waals surface area contributed by atoms with Gasteiger partial charge in [-0.2, -0.15) is 0 Å². The maximum absolute atomic E-state index is 12.0. The van der Waals surface area contributed by atoms with Crippen LogP contribution in [0.15, 0.2) is 23.1 Å². The molecule has 0 aromatic heterocycles. The molecule has 1 aromatic carbocycles. The number of benzene rings is 1. The molecule has 0 radical (unpaired) electrons. The molecule has 1 fully saturated rings. The third-order valence-corrected chi connectivity index (χ3v) is 5.28. The fourth-order valence-corrected chi connectivity index (χ4v) is 3.14. The summed E-state index contributed by atoms with van der Waals surface area (Å²) in [4.78, 5) is 0.155. The van der Waals surface area contributed by atoms with Crippen molar-refractivity contribution >= 4 is 27.3 Å². The van der Waals surface area contributed by atoms with Gasteiger partial charge >= 0.3 is 0 Å². The molecule has 1 aromatic rings. The average molecular weight is 289 g/mol. The monoisotopic (exact) mass is 288 g/mol. The second kappa shape index (κ2) is 4.40. The minimum atomic E-state index is -3.49. The summed E-state index contributed by atoms with van der Waals surface area (Å²) in [6.07, 6.45) is 1.05. The first-order chi connectivity index (χ1) is 8.22. The summed E-state index contributed by atoms with van der Waals surface area (Å²) >= 11 is 5.77. The lowest BCUT2D eigenvalue weighted by atomic mass is 10.1. The number of hydrogen-bond acceptors (Lipinski definition) is 3. The standard InChI is InChI=1S/C12H17ClN2O2S/c1-12(2)6-8(12)7-15-18(16,17)9-3-4-10(13)11(14)5-9/h3-5,8,15H,6-7,14H2,1-2H3. The molecule has 0 saturated heterocycles. The van der Waals surface area contributed by atoms with E-state index in [9.17, 15) is 8.42 Å². The molecule has 0 amide bonds. The van der Waals surface area contributed by atoms with Gasteiger partial charge in [-0.1, -0.05) is 25.4 Å². The summed E-state index contributed by atoms with van der Waals surface area (Å²) in [6.45, 7) is 4.73. The van der Waals surface area contributed by atoms with E-state index in [1.165, 1.54) is 18.2 Å². The molecule has 2 rings (SSSR count). The predicted molar refractivity (Wildman–Crippen MR) is 72.9 cm³/mol. The van der Waals surface area contributed by atoms with Gasteiger partial charge in [0.2, 0.25) is 10.0 Å². The van der Waals surface area contributed by atoms with Gasteiger partial charge in [0.25, 0.3) is 0 Å². The highest BCUT2D eigenvalue weighted by Gasteiger charge is 2.45. The van der Waals surface area contributed by atoms with Crippen LogP contribution < -0.4 is 10.5 Å². The molecule has 3 N–H and O–H groups in total. The van der Waals surface area contributed by atoms with E-state index in [-0.39, 0.29) is 16.0 Å². The van der Waals surface area contributed by atoms with Gasteiger partial charge in [-0.25, -0.2) is 13.1 Å². The summed E-state index contributed by atoms with van der Waals surface area (Å²) in [5.41, 5.74) is 6.13. The lowest BCUT2D eigenvalue weighted by Gasteiger charge is -2.09. The number of rotatable bonds is 4. The molecule has 6 heteroatoms. The zero-order valence-corrected chi connectivity index (χ0v) is 12.0. The van der Waals surface area contributed by atoms with Crippen molar-refractivity contribution in [3.05, 3.63) is 23.2 Å². The summed E-state index contributed by atoms with van der Waals surface area (Å²) in [6, 6.07) is 4.33. The molecule has 1 atom stereocenters. The van der Waals surface area contributed by atoms with Gasteiger partial charge in [-0.05, 0) is 36.0 Å². The summed E-state index contributed by atoms with van der Waals surface area (Å²) in [7, 11) is -3.49. The molecule has 100 valence electrons. The van der Waals surface area contributed by atoms with Crippen LogP contribution >= 0.6 is 11.6 Å². The van der Waals surface area contributed by atoms with Gasteiger partial charge < -0.3 is 5.73 Å². The minimum absolute atomic E-state index is 0.155. The first-order valence-electron chi connectivity index (χ1n) is 5.77. The molecule has 4 nitrogen and oxygen atoms in total. The van der Waals surface area contributed by atoms with Crippen LogP contribution in [0.2, 0.25) is 5.02 Å². The van der Waals surface area contributed by atoms with Crippen LogP contribution in [-0.2, 0) is 10.0 Å². The van der Waals surface area contributed by atoms with Gasteiger partial charge in [-0.15, -0.1) is 0 Å². The van der Waals surface area contributed by atoms with Crippen molar-refractivity contribution in [1.82, 2.24) is 4.72 Å². The maximum Gasteiger partial charge on any atom is 0.240 e. The van der Waals surface area contributed by atoms with E-state index in [1.54, 1.807) is 0 Å². The van der Waals surface area contributed by atoms with Crippen molar-refractivity contribution in [3.8, 4) is 0 Å². The van der Waals surface area contributed by atoms with Gasteiger partial charge in [0.15, 0.2) is 0 Å². The average Bonchev–Trinajstić information content (AvgIpc) is 2.88. The number of sulfonamides is 1. The number of hydrogen-bond donors (Lipinski definition) is 2. The van der Waals surface area contributed by atoms with Crippen LogP contribution in [-0.4, -0.2) is 15.0 Å². The van der Waals surface area contributed by atoms with E-state index in [0.29, 0.717) is 17.5 Å². The highest BCUT2D eigenvalue weighted by molar-refractivity contribution is 7.89. The fraction of sp³-hybridized carbons (Fsp3) is 0.500. The molecule has 18 heavy (non-hydrogen) atoms. The molecule has 0 bridgehead atoms. The third kappa shape index (κ3) is 2.79. The smallest absolute Gasteiger partial charge is 0.240 e. The van der Waals surface area contributed by atoms with Crippen LogP contribution in [0.4, 0.5) is 5.69 Å². The Kier molecular flexibility index (Phi) is 3.34. The highest BCUT2D eigenvalue weighted by Crippen LogP contribution is 2.51. The molecular formula is C12H17ClN2O2S. The Morgan fingerprint density at radius 1 is 1.50 bits per heavy atom. The topological polar surface area (TPSA) is 72.2 Å². The molecule has 0 spiro atoms. The minimum Gasteiger partial charge on any atom is -0.397 e. The van der Waals surface area contributed by atoms with E-state index in [4.69, 9.17) is 17.3 Å². The van der Waals surface area contributed by atoms with E-state index >= 15 is 0 Å². The molecule has 1 unspecified atom stereocenters. The number of nitrogens with one attached hydrogen (secondary N) is 1. The Bertz CT molecular complexity index is 569. The first kappa shape index (κ1) is 13.6. The zero-order valence-electron chi connectivity index (χ0n) is 10.4. The lowest BCUT2D eigenvalue weighted by Crippen LogP contribution is -2.26. The first-order valence-corrected chi connectivity index (χ1v) is 7.63. The highest BCUT2D eigenvalue weighted by atomic mass is 35.5. The van der Waals surface area contributed by atoms with Crippen molar-refractivity contribution in [1.29, 1.82) is 0 Å². The van der Waals surface area contributed by atoms with Crippen molar-refractivity contribution in [3.63, 3.8) is 0 Å². The second-order valence-electron chi connectivity index (χ2n) is 5.42. The van der Waals surface area contributed by atoms with E-state index < -0.39 is 10.0 Å². The fourth-order valence-electron chi connectivity index (χ4n) is 1.91. The summed E-state index contributed by atoms with van der Waals surface area (Å²) in [5, 5.41) is 0.359. The molecule has 0 heterocycles. The molecule has 1 aliphatic carbocycles. The van der Waals surface area contributed by atoms with E-state index in [0.717, 1.165) is 6.42 Å². The number of halogens is 1. The van der Waals surface area contributed by atoms with Crippen LogP contribution in [0.1, 0.15) is 20.3 Å². The summed E-state index contributed by atoms with van der Waals surface area (Å²) in [5.74, 6) is 0.414. The van der Waals surface area contributed by atoms with Crippen molar-refractivity contribution in [2.24, 2.45) is 11.3 Å². The van der Waals surface area contributed by atoms with Crippen molar-refractivity contribution in [2.45, 2.75) is 25.2 Å². The largest absolute Gasteiger partial charge is 0.397 e. The molecule has 0 aliphatic heterocycles. The van der Waals surface area contributed by atoms with E-state index in [1.807, 2.05) is 0 Å². The number of anilines is 1. The van der Waals surface area contributed by atoms with Crippen LogP contribution in [0.25, 0.3) is 0 Å². The lowest BCUT2D eigenvalue weighted by molar-refractivity contribution is 0.537. The van der Waals surface area contributed by atoms with Gasteiger partial charge in [-0.3, -0.25) is 0 Å². The third-order valence-electron chi connectivity index (χ3n) is 3.52. The molecule has 1 aliphatic rings. The number of nitrogens with two attached hydrogens (primary N) is 1. The van der Waals surface area contributed by atoms with Crippen molar-refractivity contribution < 1.29 is 8.42 Å². The Morgan fingerprint density at radius 3 is 2.61 bits per heavy atom. The molecule has 1 saturated carbocycles. The quantitative estimate of drug-likeness (QED) is 0.835. The van der Waals surface area contributed by atoms with Gasteiger partial charge in [0.1, 0.15) is 0 Å². The maximum atomic E-state index is 12.0. The van der Waals surface area contributed by atoms with Gasteiger partial charge in [0, 0.05) is 6.54 Å². The number of nitrogen functional groups attached to an aromatic ring is 1. The Balaban J connectivity index is 2.08. The SMILES string of the molecule is CC1(C)CC1CNS(=O)(=O)c1ccc(Cl)c(N)c1. The predicted octanol–water partition coefficient (Wildman–Crippen LogP) is 2.25. The Labute approximate surface area is 113 Å². The Hall–Kier alpha value is -0.780.